The van der Waals surface area contributed by atoms with Crippen molar-refractivity contribution in [3.05, 3.63) is 11.6 Å². The molecular formula is C40H65NO4. The summed E-state index contributed by atoms with van der Waals surface area (Å²) in [5.41, 5.74) is 0.614. The third-order valence-corrected chi connectivity index (χ3v) is 15.2. The smallest absolute Gasteiger partial charge is 0.302 e. The van der Waals surface area contributed by atoms with Gasteiger partial charge in [-0.15, -0.1) is 0 Å². The van der Waals surface area contributed by atoms with E-state index in [2.05, 4.69) is 66.8 Å². The number of carbonyl (C=O) groups excluding carboxylic acids is 3. The van der Waals surface area contributed by atoms with Crippen molar-refractivity contribution in [3.8, 4) is 0 Å². The molecule has 0 radical (unpaired) electrons. The van der Waals surface area contributed by atoms with Gasteiger partial charge in [0.2, 0.25) is 5.91 Å². The number of ketones is 1. The minimum absolute atomic E-state index is 0.0324. The second kappa shape index (κ2) is 12.1. The highest BCUT2D eigenvalue weighted by atomic mass is 16.5. The number of hydrogen-bond donors (Lipinski definition) is 1. The standard InChI is InChI=1S/C40H65NO4/c1-10-11-12-13-14-15-24-41-34(44)37(6)21-20-36(5)22-23-39(8)28(29(36)26-37)25-30(43)33-38(7)18-17-32(45-27(2)42)35(3,4)31(38)16-19-40(33,39)9/h25,29,31-33H,10-24,26H2,1-9H3,(H,41,44)/t29-,31-,32-,33?,36+,37-,38-,39+,40+/m0/s1. The molecular weight excluding hydrogens is 558 g/mol. The zero-order valence-electron chi connectivity index (χ0n) is 30.3. The van der Waals surface area contributed by atoms with Crippen LogP contribution in [0.25, 0.3) is 0 Å². The van der Waals surface area contributed by atoms with Crippen molar-refractivity contribution < 1.29 is 19.1 Å². The van der Waals surface area contributed by atoms with Crippen molar-refractivity contribution in [3.63, 3.8) is 0 Å². The number of carbonyl (C=O) groups is 3. The molecule has 1 unspecified atom stereocenters. The normalized spacial score (nSPS) is 43.6. The predicted octanol–water partition coefficient (Wildman–Crippen LogP) is 9.38. The lowest BCUT2D eigenvalue weighted by Gasteiger charge is -2.70. The largest absolute Gasteiger partial charge is 0.462 e. The Bertz CT molecular complexity index is 1200. The van der Waals surface area contributed by atoms with Crippen molar-refractivity contribution in [2.45, 2.75) is 165 Å². The first-order valence-electron chi connectivity index (χ1n) is 18.7. The number of ether oxygens (including phenoxy) is 1. The fraction of sp³-hybridized carbons (Fsp3) is 0.875. The Morgan fingerprint density at radius 3 is 2.22 bits per heavy atom. The number of fused-ring (bicyclic) bond motifs is 7. The first kappa shape index (κ1) is 34.7. The van der Waals surface area contributed by atoms with Gasteiger partial charge in [0.15, 0.2) is 5.78 Å². The molecule has 0 aromatic rings. The van der Waals surface area contributed by atoms with Crippen molar-refractivity contribution in [1.29, 1.82) is 0 Å². The summed E-state index contributed by atoms with van der Waals surface area (Å²) in [7, 11) is 0. The van der Waals surface area contributed by atoms with Crippen LogP contribution < -0.4 is 5.32 Å². The van der Waals surface area contributed by atoms with Crippen LogP contribution in [0, 0.1) is 50.2 Å². The van der Waals surface area contributed by atoms with Crippen LogP contribution in [-0.2, 0) is 19.1 Å². The Morgan fingerprint density at radius 1 is 0.867 bits per heavy atom. The Balaban J connectivity index is 1.40. The van der Waals surface area contributed by atoms with Crippen LogP contribution in [0.4, 0.5) is 0 Å². The van der Waals surface area contributed by atoms with Gasteiger partial charge in [0.1, 0.15) is 6.10 Å². The molecule has 1 N–H and O–H groups in total. The van der Waals surface area contributed by atoms with Crippen LogP contribution in [0.1, 0.15) is 159 Å². The number of hydrogen-bond acceptors (Lipinski definition) is 4. The van der Waals surface area contributed by atoms with E-state index in [0.717, 1.165) is 70.8 Å². The number of rotatable bonds is 9. The molecule has 0 aromatic heterocycles. The summed E-state index contributed by atoms with van der Waals surface area (Å²) in [5, 5.41) is 3.34. The van der Waals surface area contributed by atoms with E-state index < -0.39 is 5.41 Å². The minimum Gasteiger partial charge on any atom is -0.462 e. The molecule has 4 saturated carbocycles. The monoisotopic (exact) mass is 623 g/mol. The van der Waals surface area contributed by atoms with Crippen molar-refractivity contribution in [1.82, 2.24) is 5.32 Å². The first-order valence-corrected chi connectivity index (χ1v) is 18.7. The van der Waals surface area contributed by atoms with E-state index in [9.17, 15) is 14.4 Å². The topological polar surface area (TPSA) is 72.5 Å². The van der Waals surface area contributed by atoms with Gasteiger partial charge in [-0.1, -0.05) is 93.1 Å². The lowest BCUT2D eigenvalue weighted by atomic mass is 9.33. The van der Waals surface area contributed by atoms with Crippen molar-refractivity contribution >= 4 is 17.7 Å². The number of esters is 1. The Kier molecular flexibility index (Phi) is 9.33. The van der Waals surface area contributed by atoms with Gasteiger partial charge in [-0.05, 0) is 104 Å². The molecule has 5 heteroatoms. The summed E-state index contributed by atoms with van der Waals surface area (Å²) < 4.78 is 5.89. The van der Waals surface area contributed by atoms with Gasteiger partial charge in [0, 0.05) is 30.2 Å². The summed E-state index contributed by atoms with van der Waals surface area (Å²) >= 11 is 0. The molecule has 4 fully saturated rings. The van der Waals surface area contributed by atoms with Crippen LogP contribution in [-0.4, -0.2) is 30.3 Å². The van der Waals surface area contributed by atoms with E-state index >= 15 is 0 Å². The highest BCUT2D eigenvalue weighted by Crippen LogP contribution is 2.75. The summed E-state index contributed by atoms with van der Waals surface area (Å²) in [5.74, 6) is 0.894. The summed E-state index contributed by atoms with van der Waals surface area (Å²) in [6.07, 6.45) is 18.3. The van der Waals surface area contributed by atoms with E-state index in [1.807, 2.05) is 0 Å². The molecule has 1 amide bonds. The third kappa shape index (κ3) is 5.56. The molecule has 5 rings (SSSR count). The summed E-state index contributed by atoms with van der Waals surface area (Å²) in [6, 6.07) is 0. The molecule has 5 aliphatic rings. The van der Waals surface area contributed by atoms with Crippen molar-refractivity contribution in [2.24, 2.45) is 50.2 Å². The molecule has 0 saturated heterocycles. The maximum absolute atomic E-state index is 14.7. The molecule has 0 aliphatic heterocycles. The second-order valence-corrected chi connectivity index (χ2v) is 18.2. The van der Waals surface area contributed by atoms with Crippen LogP contribution in [0.15, 0.2) is 11.6 Å². The van der Waals surface area contributed by atoms with E-state index in [-0.39, 0.29) is 56.9 Å². The van der Waals surface area contributed by atoms with Crippen LogP contribution in [0.5, 0.6) is 0 Å². The highest BCUT2D eigenvalue weighted by molar-refractivity contribution is 5.95. The lowest BCUT2D eigenvalue weighted by Crippen LogP contribution is -2.66. The number of nitrogens with one attached hydrogen (secondary N) is 1. The van der Waals surface area contributed by atoms with Crippen molar-refractivity contribution in [2.75, 3.05) is 6.54 Å². The fourth-order valence-electron chi connectivity index (χ4n) is 12.1. The van der Waals surface area contributed by atoms with E-state index in [1.165, 1.54) is 44.6 Å². The molecule has 45 heavy (non-hydrogen) atoms. The summed E-state index contributed by atoms with van der Waals surface area (Å²) in [4.78, 5) is 40.4. The minimum atomic E-state index is -0.394. The Labute approximate surface area is 274 Å². The third-order valence-electron chi connectivity index (χ3n) is 15.2. The van der Waals surface area contributed by atoms with Gasteiger partial charge in [0.05, 0.1) is 0 Å². The van der Waals surface area contributed by atoms with E-state index in [4.69, 9.17) is 4.74 Å². The van der Waals surface area contributed by atoms with E-state index in [1.54, 1.807) is 0 Å². The first-order chi connectivity index (χ1) is 21.0. The average Bonchev–Trinajstić information content (AvgIpc) is 2.96. The zero-order valence-corrected chi connectivity index (χ0v) is 30.3. The maximum Gasteiger partial charge on any atom is 0.302 e. The van der Waals surface area contributed by atoms with Crippen LogP contribution in [0.2, 0.25) is 0 Å². The average molecular weight is 624 g/mol. The summed E-state index contributed by atoms with van der Waals surface area (Å²) in [6.45, 7) is 21.1. The molecule has 0 spiro atoms. The molecule has 254 valence electrons. The number of unbranched alkanes of at least 4 members (excludes halogenated alkanes) is 5. The van der Waals surface area contributed by atoms with Crippen LogP contribution in [0.3, 0.4) is 0 Å². The molecule has 5 aliphatic carbocycles. The highest BCUT2D eigenvalue weighted by Gasteiger charge is 2.70. The lowest BCUT2D eigenvalue weighted by molar-refractivity contribution is -0.210. The Morgan fingerprint density at radius 2 is 1.53 bits per heavy atom. The van der Waals surface area contributed by atoms with Gasteiger partial charge in [-0.2, -0.15) is 0 Å². The second-order valence-electron chi connectivity index (χ2n) is 18.2. The van der Waals surface area contributed by atoms with Gasteiger partial charge >= 0.3 is 5.97 Å². The fourth-order valence-corrected chi connectivity index (χ4v) is 12.1. The Hall–Kier alpha value is -1.65. The number of amides is 1. The van der Waals surface area contributed by atoms with Crippen LogP contribution >= 0.6 is 0 Å². The van der Waals surface area contributed by atoms with Gasteiger partial charge in [-0.3, -0.25) is 14.4 Å². The number of allylic oxidation sites excluding steroid dienone is 2. The molecule has 0 heterocycles. The molecule has 5 nitrogen and oxygen atoms in total. The van der Waals surface area contributed by atoms with Gasteiger partial charge < -0.3 is 10.1 Å². The molecule has 9 atom stereocenters. The molecule has 0 bridgehead atoms. The van der Waals surface area contributed by atoms with Gasteiger partial charge in [0.25, 0.3) is 0 Å². The molecule has 0 aromatic carbocycles. The quantitative estimate of drug-likeness (QED) is 0.205. The predicted molar refractivity (Wildman–Crippen MR) is 181 cm³/mol. The maximum atomic E-state index is 14.7. The van der Waals surface area contributed by atoms with Gasteiger partial charge in [-0.25, -0.2) is 0 Å². The SMILES string of the molecule is CCCCCCCCNC(=O)[C@@]1(C)CC[C@]2(C)CC[C@]3(C)C(=CC(=O)C4[C@@]5(C)CC[C@H](OC(C)=O)C(C)(C)[C@@H]5CC[C@]43C)[C@@H]2C1. The van der Waals surface area contributed by atoms with E-state index in [0.29, 0.717) is 11.7 Å². The zero-order chi connectivity index (χ0) is 33.1.